The zero-order valence-electron chi connectivity index (χ0n) is 17.5. The lowest BCUT2D eigenvalue weighted by Gasteiger charge is -2.24. The van der Waals surface area contributed by atoms with Crippen LogP contribution in [-0.2, 0) is 38.1 Å². The fourth-order valence-electron chi connectivity index (χ4n) is 1.47. The van der Waals surface area contributed by atoms with Crippen LogP contribution in [0.2, 0.25) is 0 Å². The average Bonchev–Trinajstić information content (AvgIpc) is 2.69. The quantitative estimate of drug-likeness (QED) is 0.305. The molecule has 14 heteroatoms. The van der Waals surface area contributed by atoms with E-state index in [-0.39, 0.29) is 18.6 Å². The molecule has 0 bridgehead atoms. The van der Waals surface area contributed by atoms with Crippen LogP contribution >= 0.6 is 23.5 Å². The second-order valence-corrected chi connectivity index (χ2v) is 8.57. The molecule has 0 aliphatic heterocycles. The molecule has 1 amide bonds. The first-order chi connectivity index (χ1) is 14.4. The number of aliphatic carboxylic acids is 1. The monoisotopic (exact) mass is 483 g/mol. The number of carbonyl (C=O) groups excluding carboxylic acids is 5. The molecule has 0 aromatic rings. The van der Waals surface area contributed by atoms with E-state index in [0.29, 0.717) is 23.5 Å². The lowest BCUT2D eigenvalue weighted by Crippen LogP contribution is -2.50. The van der Waals surface area contributed by atoms with Crippen LogP contribution in [0.25, 0.3) is 0 Å². The summed E-state index contributed by atoms with van der Waals surface area (Å²) in [5, 5.41) is 9.67. The van der Waals surface area contributed by atoms with Gasteiger partial charge >= 0.3 is 28.5 Å². The lowest BCUT2D eigenvalue weighted by molar-refractivity contribution is -0.152. The van der Waals surface area contributed by atoms with Crippen molar-refractivity contribution in [2.45, 2.75) is 51.3 Å². The Kier molecular flexibility index (Phi) is 13.4. The highest BCUT2D eigenvalue weighted by atomic mass is 32.2. The number of ether oxygens (including phenoxy) is 4. The first kappa shape index (κ1) is 28.5. The Hall–Kier alpha value is -2.48. The molecule has 0 aromatic heterocycles. The summed E-state index contributed by atoms with van der Waals surface area (Å²) in [6.45, 7) is 4.61. The van der Waals surface area contributed by atoms with Crippen molar-refractivity contribution in [2.75, 3.05) is 19.3 Å². The van der Waals surface area contributed by atoms with Crippen LogP contribution in [-0.4, -0.2) is 69.7 Å². The number of rotatable bonds is 12. The van der Waals surface area contributed by atoms with Gasteiger partial charge in [0.1, 0.15) is 6.04 Å². The molecule has 2 N–H and O–H groups in total. The topological polar surface area (TPSA) is 172 Å². The van der Waals surface area contributed by atoms with E-state index in [1.807, 2.05) is 0 Å². The highest BCUT2D eigenvalue weighted by molar-refractivity contribution is 8.15. The first-order valence-corrected chi connectivity index (χ1v) is 10.7. The zero-order valence-corrected chi connectivity index (χ0v) is 19.1. The zero-order chi connectivity index (χ0) is 24.0. The van der Waals surface area contributed by atoms with Gasteiger partial charge < -0.3 is 29.4 Å². The third-order valence-electron chi connectivity index (χ3n) is 3.23. The van der Waals surface area contributed by atoms with Gasteiger partial charge in [-0.1, -0.05) is 13.8 Å². The van der Waals surface area contributed by atoms with Crippen molar-refractivity contribution in [3.05, 3.63) is 0 Å². The van der Waals surface area contributed by atoms with Crippen molar-refractivity contribution in [1.29, 1.82) is 0 Å². The molecule has 0 saturated heterocycles. The third-order valence-corrected chi connectivity index (χ3v) is 5.06. The number of carboxylic acids is 1. The number of hydrogen-bond acceptors (Lipinski definition) is 12. The average molecular weight is 484 g/mol. The second-order valence-electron chi connectivity index (χ2n) is 6.05. The van der Waals surface area contributed by atoms with Crippen molar-refractivity contribution in [1.82, 2.24) is 5.32 Å². The van der Waals surface area contributed by atoms with Gasteiger partial charge in [0.05, 0.1) is 4.75 Å². The standard InChI is InChI=1S/C17H25NO11S2/c1-5-11(19)26-8-28-15(24)30-7-10(13(21)22)18-14(23)17(3,4)31-16(25)29-9-27-12(20)6-2/h10H,5-9H2,1-4H3,(H,18,23)(H,21,22)/t10-/m0/s1. The van der Waals surface area contributed by atoms with E-state index in [0.717, 1.165) is 0 Å². The predicted molar refractivity (Wildman–Crippen MR) is 109 cm³/mol. The van der Waals surface area contributed by atoms with Crippen LogP contribution in [0.1, 0.15) is 40.5 Å². The Morgan fingerprint density at radius 3 is 1.81 bits per heavy atom. The van der Waals surface area contributed by atoms with Crippen LogP contribution in [0.5, 0.6) is 0 Å². The molecule has 0 fully saturated rings. The van der Waals surface area contributed by atoms with Gasteiger partial charge in [-0.05, 0) is 37.4 Å². The second kappa shape index (κ2) is 14.5. The minimum absolute atomic E-state index is 0.100. The third kappa shape index (κ3) is 12.7. The SMILES string of the molecule is CCC(=O)OCOC(=O)SC[C@H](NC(=O)C(C)(C)SC(=O)OCOC(=O)CC)C(=O)O. The summed E-state index contributed by atoms with van der Waals surface area (Å²) < 4.78 is 17.0. The van der Waals surface area contributed by atoms with Gasteiger partial charge in [-0.3, -0.25) is 14.4 Å². The van der Waals surface area contributed by atoms with Gasteiger partial charge in [-0.2, -0.15) is 0 Å². The summed E-state index contributed by atoms with van der Waals surface area (Å²) in [5.74, 6) is -3.74. The van der Waals surface area contributed by atoms with Crippen molar-refractivity contribution in [3.8, 4) is 0 Å². The number of thioether (sulfide) groups is 2. The number of esters is 2. The number of hydrogen-bond donors (Lipinski definition) is 2. The molecule has 0 heterocycles. The Bertz CT molecular complexity index is 681. The van der Waals surface area contributed by atoms with Gasteiger partial charge in [0.15, 0.2) is 0 Å². The number of carboxylic acid groups (broad SMARTS) is 1. The molecule has 0 aromatic carbocycles. The Morgan fingerprint density at radius 1 is 0.871 bits per heavy atom. The van der Waals surface area contributed by atoms with Crippen LogP contribution in [0, 0.1) is 0 Å². The smallest absolute Gasteiger partial charge is 0.371 e. The number of nitrogens with one attached hydrogen (secondary N) is 1. The fourth-order valence-corrected chi connectivity index (χ4v) is 2.81. The molecule has 0 spiro atoms. The van der Waals surface area contributed by atoms with E-state index in [1.54, 1.807) is 13.8 Å². The van der Waals surface area contributed by atoms with Gasteiger partial charge in [0, 0.05) is 18.6 Å². The van der Waals surface area contributed by atoms with Crippen molar-refractivity contribution < 1.29 is 52.8 Å². The maximum absolute atomic E-state index is 12.4. The van der Waals surface area contributed by atoms with Crippen molar-refractivity contribution in [2.24, 2.45) is 0 Å². The molecule has 0 radical (unpaired) electrons. The van der Waals surface area contributed by atoms with Gasteiger partial charge in [0.25, 0.3) is 0 Å². The molecule has 0 rings (SSSR count). The van der Waals surface area contributed by atoms with E-state index < -0.39 is 58.8 Å². The van der Waals surface area contributed by atoms with E-state index in [4.69, 9.17) is 0 Å². The molecule has 0 aliphatic rings. The maximum Gasteiger partial charge on any atom is 0.371 e. The molecule has 1 atom stereocenters. The van der Waals surface area contributed by atoms with Crippen LogP contribution in [0.4, 0.5) is 9.59 Å². The Balaban J connectivity index is 4.58. The van der Waals surface area contributed by atoms with E-state index >= 15 is 0 Å². The summed E-state index contributed by atoms with van der Waals surface area (Å²) in [7, 11) is 0. The van der Waals surface area contributed by atoms with Crippen LogP contribution < -0.4 is 5.32 Å². The van der Waals surface area contributed by atoms with Gasteiger partial charge in [-0.15, -0.1) is 0 Å². The summed E-state index contributed by atoms with van der Waals surface area (Å²) in [5.41, 5.74) is 0. The molecular formula is C17H25NO11S2. The summed E-state index contributed by atoms with van der Waals surface area (Å²) in [4.78, 5) is 69.1. The highest BCUT2D eigenvalue weighted by Gasteiger charge is 2.35. The molecular weight excluding hydrogens is 458 g/mol. The largest absolute Gasteiger partial charge is 0.480 e. The molecule has 31 heavy (non-hydrogen) atoms. The van der Waals surface area contributed by atoms with Crippen molar-refractivity contribution >= 4 is 57.9 Å². The maximum atomic E-state index is 12.4. The van der Waals surface area contributed by atoms with E-state index in [1.165, 1.54) is 13.8 Å². The van der Waals surface area contributed by atoms with Crippen molar-refractivity contribution in [3.63, 3.8) is 0 Å². The van der Waals surface area contributed by atoms with E-state index in [9.17, 15) is 33.9 Å². The van der Waals surface area contributed by atoms with E-state index in [2.05, 4.69) is 24.3 Å². The molecule has 0 aliphatic carbocycles. The summed E-state index contributed by atoms with van der Waals surface area (Å²) >= 11 is 0.919. The summed E-state index contributed by atoms with van der Waals surface area (Å²) in [6.07, 6.45) is 0.202. The number of carbonyl (C=O) groups is 6. The van der Waals surface area contributed by atoms with Crippen LogP contribution in [0.3, 0.4) is 0 Å². The molecule has 176 valence electrons. The minimum Gasteiger partial charge on any atom is -0.480 e. The number of amides is 1. The van der Waals surface area contributed by atoms with Gasteiger partial charge in [0.2, 0.25) is 19.5 Å². The highest BCUT2D eigenvalue weighted by Crippen LogP contribution is 2.27. The Labute approximate surface area is 187 Å². The van der Waals surface area contributed by atoms with Crippen LogP contribution in [0.15, 0.2) is 0 Å². The molecule has 0 unspecified atom stereocenters. The normalized spacial score (nSPS) is 11.6. The summed E-state index contributed by atoms with van der Waals surface area (Å²) in [6, 6.07) is -1.47. The van der Waals surface area contributed by atoms with Gasteiger partial charge in [-0.25, -0.2) is 14.4 Å². The Morgan fingerprint density at radius 2 is 1.35 bits per heavy atom. The molecule has 0 saturated carbocycles. The predicted octanol–water partition coefficient (Wildman–Crippen LogP) is 1.90. The minimum atomic E-state index is -1.47. The molecule has 12 nitrogen and oxygen atoms in total. The fraction of sp³-hybridized carbons (Fsp3) is 0.647. The first-order valence-electron chi connectivity index (χ1n) is 8.93. The lowest BCUT2D eigenvalue weighted by atomic mass is 10.2.